The fraction of sp³-hybridized carbons (Fsp3) is 0.562. The molecule has 1 aromatic rings. The van der Waals surface area contributed by atoms with E-state index < -0.39 is 0 Å². The van der Waals surface area contributed by atoms with Gasteiger partial charge in [-0.1, -0.05) is 41.9 Å². The van der Waals surface area contributed by atoms with Gasteiger partial charge in [0.25, 0.3) is 5.91 Å². The lowest BCUT2D eigenvalue weighted by molar-refractivity contribution is 0.0679. The molecule has 1 rings (SSSR count). The monoisotopic (exact) mass is 341 g/mol. The molecule has 20 heavy (non-hydrogen) atoms. The van der Waals surface area contributed by atoms with Crippen molar-refractivity contribution in [3.8, 4) is 5.75 Å². The van der Waals surface area contributed by atoms with Crippen LogP contribution in [0.25, 0.3) is 0 Å². The van der Waals surface area contributed by atoms with Gasteiger partial charge in [0.2, 0.25) is 0 Å². The number of amides is 1. The van der Waals surface area contributed by atoms with Crippen molar-refractivity contribution in [3.05, 3.63) is 29.8 Å². The van der Waals surface area contributed by atoms with Gasteiger partial charge in [-0.3, -0.25) is 4.79 Å². The second-order valence-electron chi connectivity index (χ2n) is 4.59. The summed E-state index contributed by atoms with van der Waals surface area (Å²) < 4.78 is 5.57. The number of alkyl halides is 1. The summed E-state index contributed by atoms with van der Waals surface area (Å²) in [6, 6.07) is 7.75. The molecule has 0 aliphatic heterocycles. The van der Waals surface area contributed by atoms with E-state index >= 15 is 0 Å². The maximum absolute atomic E-state index is 12.8. The zero-order valence-electron chi connectivity index (χ0n) is 12.6. The van der Waals surface area contributed by atoms with E-state index in [9.17, 15) is 4.79 Å². The van der Waals surface area contributed by atoms with Crippen LogP contribution in [0.4, 0.5) is 0 Å². The SMILES string of the molecule is CCOc1ccccc1C(=O)N(CCBr)C(CC)CC. The van der Waals surface area contributed by atoms with Crippen molar-refractivity contribution < 1.29 is 9.53 Å². The number of para-hydroxylation sites is 1. The van der Waals surface area contributed by atoms with Crippen molar-refractivity contribution in [2.45, 2.75) is 39.7 Å². The van der Waals surface area contributed by atoms with E-state index in [4.69, 9.17) is 4.74 Å². The second kappa shape index (κ2) is 9.01. The van der Waals surface area contributed by atoms with E-state index in [0.29, 0.717) is 24.5 Å². The van der Waals surface area contributed by atoms with Crippen LogP contribution in [0.3, 0.4) is 0 Å². The van der Waals surface area contributed by atoms with E-state index in [1.807, 2.05) is 36.1 Å². The molecule has 3 nitrogen and oxygen atoms in total. The quantitative estimate of drug-likeness (QED) is 0.666. The Kier molecular flexibility index (Phi) is 7.67. The molecule has 0 aliphatic rings. The van der Waals surface area contributed by atoms with Crippen molar-refractivity contribution in [1.29, 1.82) is 0 Å². The first kappa shape index (κ1) is 17.0. The Labute approximate surface area is 130 Å². The summed E-state index contributed by atoms with van der Waals surface area (Å²) in [5.74, 6) is 0.729. The van der Waals surface area contributed by atoms with Crippen LogP contribution in [0.2, 0.25) is 0 Å². The average molecular weight is 342 g/mol. The third kappa shape index (κ3) is 4.23. The van der Waals surface area contributed by atoms with Crippen molar-refractivity contribution >= 4 is 21.8 Å². The van der Waals surface area contributed by atoms with Crippen molar-refractivity contribution in [2.24, 2.45) is 0 Å². The van der Waals surface area contributed by atoms with Crippen LogP contribution in [0.15, 0.2) is 24.3 Å². The molecule has 1 amide bonds. The highest BCUT2D eigenvalue weighted by molar-refractivity contribution is 9.09. The summed E-state index contributed by atoms with van der Waals surface area (Å²) in [5, 5.41) is 0.784. The smallest absolute Gasteiger partial charge is 0.257 e. The molecule has 0 bridgehead atoms. The zero-order chi connectivity index (χ0) is 15.0. The minimum Gasteiger partial charge on any atom is -0.493 e. The first-order valence-electron chi connectivity index (χ1n) is 7.28. The number of hydrogen-bond acceptors (Lipinski definition) is 2. The van der Waals surface area contributed by atoms with Gasteiger partial charge in [-0.15, -0.1) is 0 Å². The third-order valence-electron chi connectivity index (χ3n) is 3.39. The van der Waals surface area contributed by atoms with Crippen LogP contribution in [0.5, 0.6) is 5.75 Å². The standard InChI is InChI=1S/C16H24BrNO2/c1-4-13(5-2)18(12-11-17)16(19)14-9-7-8-10-15(14)20-6-3/h7-10,13H,4-6,11-12H2,1-3H3. The number of halogens is 1. The molecule has 0 fully saturated rings. The summed E-state index contributed by atoms with van der Waals surface area (Å²) in [7, 11) is 0. The van der Waals surface area contributed by atoms with Gasteiger partial charge >= 0.3 is 0 Å². The van der Waals surface area contributed by atoms with Gasteiger partial charge in [0.15, 0.2) is 0 Å². The van der Waals surface area contributed by atoms with Gasteiger partial charge in [0.05, 0.1) is 12.2 Å². The molecule has 1 aromatic carbocycles. The molecule has 0 heterocycles. The van der Waals surface area contributed by atoms with E-state index in [-0.39, 0.29) is 11.9 Å². The Morgan fingerprint density at radius 1 is 1.25 bits per heavy atom. The third-order valence-corrected chi connectivity index (χ3v) is 3.74. The van der Waals surface area contributed by atoms with E-state index in [1.165, 1.54) is 0 Å². The van der Waals surface area contributed by atoms with Gasteiger partial charge in [0, 0.05) is 17.9 Å². The lowest BCUT2D eigenvalue weighted by Gasteiger charge is -2.30. The number of carbonyl (C=O) groups is 1. The molecule has 0 saturated heterocycles. The fourth-order valence-electron chi connectivity index (χ4n) is 2.35. The number of rotatable bonds is 8. The first-order chi connectivity index (χ1) is 9.69. The summed E-state index contributed by atoms with van der Waals surface area (Å²) in [5.41, 5.74) is 0.655. The van der Waals surface area contributed by atoms with Crippen LogP contribution in [-0.2, 0) is 0 Å². The topological polar surface area (TPSA) is 29.5 Å². The lowest BCUT2D eigenvalue weighted by atomic mass is 10.1. The fourth-order valence-corrected chi connectivity index (χ4v) is 2.73. The van der Waals surface area contributed by atoms with Gasteiger partial charge in [0.1, 0.15) is 5.75 Å². The van der Waals surface area contributed by atoms with Crippen LogP contribution >= 0.6 is 15.9 Å². The maximum atomic E-state index is 12.8. The summed E-state index contributed by atoms with van der Waals surface area (Å²) in [6.07, 6.45) is 1.93. The summed E-state index contributed by atoms with van der Waals surface area (Å²) >= 11 is 3.44. The molecule has 0 unspecified atom stereocenters. The molecule has 0 spiro atoms. The molecular formula is C16H24BrNO2. The molecular weight excluding hydrogens is 318 g/mol. The Morgan fingerprint density at radius 2 is 1.90 bits per heavy atom. The molecule has 0 atom stereocenters. The Morgan fingerprint density at radius 3 is 2.45 bits per heavy atom. The number of nitrogens with zero attached hydrogens (tertiary/aromatic N) is 1. The number of ether oxygens (including phenoxy) is 1. The Balaban J connectivity index is 3.05. The van der Waals surface area contributed by atoms with E-state index in [0.717, 1.165) is 18.2 Å². The van der Waals surface area contributed by atoms with Crippen molar-refractivity contribution in [3.63, 3.8) is 0 Å². The number of hydrogen-bond donors (Lipinski definition) is 0. The first-order valence-corrected chi connectivity index (χ1v) is 8.40. The van der Waals surface area contributed by atoms with Crippen LogP contribution in [0, 0.1) is 0 Å². The molecule has 4 heteroatoms. The minimum absolute atomic E-state index is 0.0576. The van der Waals surface area contributed by atoms with Crippen LogP contribution < -0.4 is 4.74 Å². The Bertz CT molecular complexity index is 419. The zero-order valence-corrected chi connectivity index (χ0v) is 14.1. The summed E-state index contributed by atoms with van der Waals surface area (Å²) in [6.45, 7) is 7.45. The normalized spacial score (nSPS) is 10.7. The van der Waals surface area contributed by atoms with E-state index in [2.05, 4.69) is 29.8 Å². The molecule has 0 aliphatic carbocycles. The van der Waals surface area contributed by atoms with Gasteiger partial charge in [-0.25, -0.2) is 0 Å². The van der Waals surface area contributed by atoms with Gasteiger partial charge in [-0.2, -0.15) is 0 Å². The van der Waals surface area contributed by atoms with E-state index in [1.54, 1.807) is 0 Å². The molecule has 0 radical (unpaired) electrons. The lowest BCUT2D eigenvalue weighted by Crippen LogP contribution is -2.41. The molecule has 0 N–H and O–H groups in total. The molecule has 0 saturated carbocycles. The molecule has 0 aromatic heterocycles. The van der Waals surface area contributed by atoms with Crippen LogP contribution in [-0.4, -0.2) is 35.3 Å². The molecule has 112 valence electrons. The second-order valence-corrected chi connectivity index (χ2v) is 5.38. The van der Waals surface area contributed by atoms with Crippen molar-refractivity contribution in [2.75, 3.05) is 18.5 Å². The van der Waals surface area contributed by atoms with Gasteiger partial charge < -0.3 is 9.64 Å². The van der Waals surface area contributed by atoms with Crippen LogP contribution in [0.1, 0.15) is 44.0 Å². The Hall–Kier alpha value is -1.03. The highest BCUT2D eigenvalue weighted by Gasteiger charge is 2.24. The maximum Gasteiger partial charge on any atom is 0.257 e. The number of benzene rings is 1. The minimum atomic E-state index is 0.0576. The largest absolute Gasteiger partial charge is 0.493 e. The summed E-state index contributed by atoms with van der Waals surface area (Å²) in [4.78, 5) is 14.8. The highest BCUT2D eigenvalue weighted by atomic mass is 79.9. The number of carbonyl (C=O) groups excluding carboxylic acids is 1. The van der Waals surface area contributed by atoms with Crippen molar-refractivity contribution in [1.82, 2.24) is 4.90 Å². The average Bonchev–Trinajstić information content (AvgIpc) is 2.48. The van der Waals surface area contributed by atoms with Gasteiger partial charge in [-0.05, 0) is 31.9 Å². The predicted molar refractivity (Wildman–Crippen MR) is 86.8 cm³/mol. The predicted octanol–water partition coefficient (Wildman–Crippen LogP) is 4.11. The highest BCUT2D eigenvalue weighted by Crippen LogP contribution is 2.22.